The van der Waals surface area contributed by atoms with Crippen LogP contribution in [-0.4, -0.2) is 28.2 Å². The number of carboxylic acid groups (broad SMARTS) is 1. The van der Waals surface area contributed by atoms with E-state index in [1.165, 1.54) is 11.3 Å². The summed E-state index contributed by atoms with van der Waals surface area (Å²) in [7, 11) is 0. The van der Waals surface area contributed by atoms with Gasteiger partial charge in [-0.1, -0.05) is 13.8 Å². The molecule has 0 aliphatic rings. The van der Waals surface area contributed by atoms with Crippen LogP contribution in [0, 0.1) is 12.8 Å². The third kappa shape index (κ3) is 4.33. The number of carboxylic acids is 1. The molecule has 0 spiro atoms. The number of amides is 1. The lowest BCUT2D eigenvalue weighted by Crippen LogP contribution is -2.44. The van der Waals surface area contributed by atoms with E-state index in [-0.39, 0.29) is 12.5 Å². The van der Waals surface area contributed by atoms with Gasteiger partial charge in [0.15, 0.2) is 0 Å². The van der Waals surface area contributed by atoms with Gasteiger partial charge in [-0.15, -0.1) is 11.3 Å². The Bertz CT molecular complexity index is 430. The predicted octanol–water partition coefficient (Wildman–Crippen LogP) is 1.79. The summed E-state index contributed by atoms with van der Waals surface area (Å²) in [6.45, 7) is 5.32. The first-order valence-electron chi connectivity index (χ1n) is 5.47. The van der Waals surface area contributed by atoms with Crippen molar-refractivity contribution in [1.29, 1.82) is 0 Å². The molecule has 6 nitrogen and oxygen atoms in total. The predicted molar refractivity (Wildman–Crippen MR) is 66.4 cm³/mol. The van der Waals surface area contributed by atoms with Crippen LogP contribution >= 0.6 is 11.3 Å². The number of aliphatic carboxylic acids is 1. The third-order valence-corrected chi connectivity index (χ3v) is 3.05. The normalized spacial score (nSPS) is 12.2. The zero-order chi connectivity index (χ0) is 13.7. The molecular formula is C11H16N2O4S. The fourth-order valence-electron chi connectivity index (χ4n) is 1.30. The van der Waals surface area contributed by atoms with Crippen molar-refractivity contribution in [3.05, 3.63) is 16.1 Å². The number of rotatable bonds is 5. The molecule has 0 radical (unpaired) electrons. The Morgan fingerprint density at radius 1 is 1.56 bits per heavy atom. The summed E-state index contributed by atoms with van der Waals surface area (Å²) < 4.78 is 4.90. The maximum absolute atomic E-state index is 11.4. The summed E-state index contributed by atoms with van der Waals surface area (Å²) in [6.07, 6.45) is -0.748. The number of nitrogens with zero attached hydrogens (tertiary/aromatic N) is 1. The maximum Gasteiger partial charge on any atom is 0.408 e. The van der Waals surface area contributed by atoms with Crippen molar-refractivity contribution in [2.75, 3.05) is 0 Å². The van der Waals surface area contributed by atoms with Crippen LogP contribution < -0.4 is 5.32 Å². The minimum atomic E-state index is -1.08. The van der Waals surface area contributed by atoms with Crippen LogP contribution in [0.15, 0.2) is 5.38 Å². The summed E-state index contributed by atoms with van der Waals surface area (Å²) in [5.74, 6) is -1.29. The van der Waals surface area contributed by atoms with Crippen LogP contribution in [0.5, 0.6) is 0 Å². The van der Waals surface area contributed by atoms with Crippen molar-refractivity contribution in [1.82, 2.24) is 10.3 Å². The molecule has 0 bridgehead atoms. The molecule has 1 rings (SSSR count). The van der Waals surface area contributed by atoms with Crippen LogP contribution in [0.1, 0.15) is 24.5 Å². The van der Waals surface area contributed by atoms with Gasteiger partial charge in [0.1, 0.15) is 12.6 Å². The monoisotopic (exact) mass is 272 g/mol. The standard InChI is InChI=1S/C11H16N2O4S/c1-6(2)9(10(14)15)13-11(16)17-4-8-5-18-7(3)12-8/h5-6,9H,4H2,1-3H3,(H,13,16)(H,14,15)/t9-/m0/s1. The van der Waals surface area contributed by atoms with Gasteiger partial charge >= 0.3 is 12.1 Å². The highest BCUT2D eigenvalue weighted by Gasteiger charge is 2.24. The largest absolute Gasteiger partial charge is 0.480 e. The number of nitrogens with one attached hydrogen (secondary N) is 1. The lowest BCUT2D eigenvalue weighted by Gasteiger charge is -2.17. The fourth-order valence-corrected chi connectivity index (χ4v) is 1.89. The molecule has 7 heteroatoms. The molecule has 0 unspecified atom stereocenters. The number of alkyl carbamates (subject to hydrolysis) is 1. The molecule has 1 aromatic heterocycles. The van der Waals surface area contributed by atoms with Crippen LogP contribution in [0.3, 0.4) is 0 Å². The van der Waals surface area contributed by atoms with E-state index in [0.29, 0.717) is 5.69 Å². The Balaban J connectivity index is 2.43. The summed E-state index contributed by atoms with van der Waals surface area (Å²) in [5, 5.41) is 13.9. The molecule has 0 saturated carbocycles. The first-order valence-corrected chi connectivity index (χ1v) is 6.35. The quantitative estimate of drug-likeness (QED) is 0.853. The average molecular weight is 272 g/mol. The van der Waals surface area contributed by atoms with E-state index in [2.05, 4.69) is 10.3 Å². The van der Waals surface area contributed by atoms with Crippen molar-refractivity contribution in [2.24, 2.45) is 5.92 Å². The number of hydrogen-bond donors (Lipinski definition) is 2. The van der Waals surface area contributed by atoms with E-state index in [1.54, 1.807) is 19.2 Å². The van der Waals surface area contributed by atoms with Crippen molar-refractivity contribution >= 4 is 23.4 Å². The molecule has 0 aromatic carbocycles. The molecule has 0 fully saturated rings. The van der Waals surface area contributed by atoms with Gasteiger partial charge in [-0.25, -0.2) is 14.6 Å². The molecule has 2 N–H and O–H groups in total. The van der Waals surface area contributed by atoms with Crippen molar-refractivity contribution < 1.29 is 19.4 Å². The van der Waals surface area contributed by atoms with Gasteiger partial charge in [-0.3, -0.25) is 0 Å². The highest BCUT2D eigenvalue weighted by atomic mass is 32.1. The summed E-state index contributed by atoms with van der Waals surface area (Å²) in [4.78, 5) is 26.4. The van der Waals surface area contributed by atoms with Crippen molar-refractivity contribution in [3.8, 4) is 0 Å². The number of hydrogen-bond acceptors (Lipinski definition) is 5. The summed E-state index contributed by atoms with van der Waals surface area (Å²) in [5.41, 5.74) is 0.657. The van der Waals surface area contributed by atoms with E-state index in [4.69, 9.17) is 9.84 Å². The molecule has 0 saturated heterocycles. The Morgan fingerprint density at radius 3 is 2.67 bits per heavy atom. The van der Waals surface area contributed by atoms with Crippen LogP contribution in [0.25, 0.3) is 0 Å². The van der Waals surface area contributed by atoms with E-state index < -0.39 is 18.1 Å². The zero-order valence-corrected chi connectivity index (χ0v) is 11.3. The Hall–Kier alpha value is -1.63. The van der Waals surface area contributed by atoms with Gasteiger partial charge < -0.3 is 15.2 Å². The van der Waals surface area contributed by atoms with Gasteiger partial charge in [0.05, 0.1) is 10.7 Å². The average Bonchev–Trinajstić information content (AvgIpc) is 2.68. The molecule has 1 aromatic rings. The molecule has 0 aliphatic carbocycles. The number of aromatic nitrogens is 1. The molecule has 1 amide bonds. The van der Waals surface area contributed by atoms with Gasteiger partial charge in [0, 0.05) is 5.38 Å². The highest BCUT2D eigenvalue weighted by molar-refractivity contribution is 7.09. The van der Waals surface area contributed by atoms with Gasteiger partial charge in [-0.05, 0) is 12.8 Å². The lowest BCUT2D eigenvalue weighted by molar-refractivity contribution is -0.140. The first-order chi connectivity index (χ1) is 8.40. The Kier molecular flexibility index (Phi) is 5.08. The van der Waals surface area contributed by atoms with Crippen LogP contribution in [0.4, 0.5) is 4.79 Å². The van der Waals surface area contributed by atoms with Gasteiger partial charge in [-0.2, -0.15) is 0 Å². The number of ether oxygens (including phenoxy) is 1. The third-order valence-electron chi connectivity index (χ3n) is 2.22. The molecule has 1 atom stereocenters. The number of aryl methyl sites for hydroxylation is 1. The van der Waals surface area contributed by atoms with E-state index >= 15 is 0 Å². The minimum absolute atomic E-state index is 0.0423. The summed E-state index contributed by atoms with van der Waals surface area (Å²) >= 11 is 1.46. The van der Waals surface area contributed by atoms with E-state index in [0.717, 1.165) is 5.01 Å². The molecule has 18 heavy (non-hydrogen) atoms. The second-order valence-electron chi connectivity index (χ2n) is 4.14. The maximum atomic E-state index is 11.4. The second kappa shape index (κ2) is 6.34. The minimum Gasteiger partial charge on any atom is -0.480 e. The Labute approximate surface area is 109 Å². The fraction of sp³-hybridized carbons (Fsp3) is 0.545. The van der Waals surface area contributed by atoms with Crippen molar-refractivity contribution in [2.45, 2.75) is 33.4 Å². The second-order valence-corrected chi connectivity index (χ2v) is 5.20. The SMILES string of the molecule is Cc1nc(COC(=O)N[C@H](C(=O)O)C(C)C)cs1. The van der Waals surface area contributed by atoms with Crippen LogP contribution in [-0.2, 0) is 16.1 Å². The number of thiazole rings is 1. The van der Waals surface area contributed by atoms with Crippen LogP contribution in [0.2, 0.25) is 0 Å². The molecule has 1 heterocycles. The highest BCUT2D eigenvalue weighted by Crippen LogP contribution is 2.09. The van der Waals surface area contributed by atoms with Gasteiger partial charge in [0.25, 0.3) is 0 Å². The topological polar surface area (TPSA) is 88.5 Å². The summed E-state index contributed by atoms with van der Waals surface area (Å²) in [6, 6.07) is -0.949. The number of carbonyl (C=O) groups excluding carboxylic acids is 1. The lowest BCUT2D eigenvalue weighted by atomic mass is 10.1. The van der Waals surface area contributed by atoms with E-state index in [9.17, 15) is 9.59 Å². The molecular weight excluding hydrogens is 256 g/mol. The van der Waals surface area contributed by atoms with Gasteiger partial charge in [0.2, 0.25) is 0 Å². The smallest absolute Gasteiger partial charge is 0.408 e. The van der Waals surface area contributed by atoms with E-state index in [1.807, 2.05) is 6.92 Å². The molecule has 0 aliphatic heterocycles. The number of carbonyl (C=O) groups is 2. The van der Waals surface area contributed by atoms with Crippen molar-refractivity contribution in [3.63, 3.8) is 0 Å². The Morgan fingerprint density at radius 2 is 2.22 bits per heavy atom. The molecule has 100 valence electrons. The first kappa shape index (κ1) is 14.4. The zero-order valence-electron chi connectivity index (χ0n) is 10.5.